The van der Waals surface area contributed by atoms with Crippen molar-refractivity contribution in [1.82, 2.24) is 9.13 Å². The molecule has 0 radical (unpaired) electrons. The first-order valence-corrected chi connectivity index (χ1v) is 8.51. The van der Waals surface area contributed by atoms with Gasteiger partial charge in [-0.3, -0.25) is 4.57 Å². The van der Waals surface area contributed by atoms with Crippen LogP contribution in [-0.2, 0) is 7.05 Å². The quantitative estimate of drug-likeness (QED) is 0.577. The molecule has 1 N–H and O–H groups in total. The molecule has 0 bridgehead atoms. The Morgan fingerprint density at radius 2 is 1.76 bits per heavy atom. The van der Waals surface area contributed by atoms with E-state index in [0.29, 0.717) is 0 Å². The van der Waals surface area contributed by atoms with Gasteiger partial charge >= 0.3 is 0 Å². The van der Waals surface area contributed by atoms with Crippen molar-refractivity contribution in [1.29, 1.82) is 0 Å². The second-order valence-corrected chi connectivity index (χ2v) is 6.83. The zero-order chi connectivity index (χ0) is 17.7. The molecule has 128 valence electrons. The molecule has 4 heteroatoms. The van der Waals surface area contributed by atoms with E-state index in [9.17, 15) is 5.11 Å². The van der Waals surface area contributed by atoms with Gasteiger partial charge in [-0.25, -0.2) is 0 Å². The third kappa shape index (κ3) is 2.54. The Morgan fingerprint density at radius 1 is 1.00 bits per heavy atom. The van der Waals surface area contributed by atoms with Crippen LogP contribution < -0.4 is 4.74 Å². The van der Waals surface area contributed by atoms with Gasteiger partial charge in [0.15, 0.2) is 0 Å². The van der Waals surface area contributed by atoms with Crippen molar-refractivity contribution in [3.05, 3.63) is 54.4 Å². The molecule has 0 spiro atoms. The van der Waals surface area contributed by atoms with Crippen molar-refractivity contribution in [2.24, 2.45) is 7.05 Å². The van der Waals surface area contributed by atoms with Gasteiger partial charge in [0, 0.05) is 29.7 Å². The van der Waals surface area contributed by atoms with Gasteiger partial charge in [0.05, 0.1) is 17.3 Å². The van der Waals surface area contributed by atoms with Crippen LogP contribution in [0, 0.1) is 6.92 Å². The van der Waals surface area contributed by atoms with E-state index < -0.39 is 0 Å². The minimum absolute atomic E-state index is 0.102. The monoisotopic (exact) mass is 334 g/mol. The number of nitrogens with zero attached hydrogens (tertiary/aromatic N) is 2. The highest BCUT2D eigenvalue weighted by molar-refractivity contribution is 5.91. The van der Waals surface area contributed by atoms with Gasteiger partial charge in [-0.15, -0.1) is 0 Å². The van der Waals surface area contributed by atoms with Gasteiger partial charge in [0.25, 0.3) is 0 Å². The largest absolute Gasteiger partial charge is 0.494 e. The summed E-state index contributed by atoms with van der Waals surface area (Å²) in [4.78, 5) is 0. The Labute approximate surface area is 146 Å². The Hall–Kier alpha value is -2.88. The number of aromatic nitrogens is 2. The maximum absolute atomic E-state index is 10.7. The van der Waals surface area contributed by atoms with E-state index in [1.54, 1.807) is 0 Å². The van der Waals surface area contributed by atoms with E-state index in [4.69, 9.17) is 4.74 Å². The highest BCUT2D eigenvalue weighted by Gasteiger charge is 2.12. The average molecular weight is 334 g/mol. The van der Waals surface area contributed by atoms with E-state index in [1.807, 2.05) is 48.9 Å². The lowest BCUT2D eigenvalue weighted by molar-refractivity contribution is 0.242. The molecule has 2 aromatic carbocycles. The van der Waals surface area contributed by atoms with Crippen LogP contribution in [0.4, 0.5) is 0 Å². The van der Waals surface area contributed by atoms with Crippen LogP contribution in [0.25, 0.3) is 27.4 Å². The topological polar surface area (TPSA) is 39.3 Å². The van der Waals surface area contributed by atoms with Gasteiger partial charge in [-0.1, -0.05) is 6.07 Å². The van der Waals surface area contributed by atoms with Gasteiger partial charge < -0.3 is 14.4 Å². The number of rotatable bonds is 3. The fraction of sp³-hybridized carbons (Fsp3) is 0.238. The first-order chi connectivity index (χ1) is 11.9. The first kappa shape index (κ1) is 15.6. The van der Waals surface area contributed by atoms with Crippen LogP contribution in [0.5, 0.6) is 11.6 Å². The molecule has 0 aliphatic carbocycles. The minimum Gasteiger partial charge on any atom is -0.494 e. The number of aromatic hydroxyl groups is 1. The zero-order valence-electron chi connectivity index (χ0n) is 14.9. The summed E-state index contributed by atoms with van der Waals surface area (Å²) in [5.74, 6) is 0.999. The normalized spacial score (nSPS) is 11.7. The third-order valence-corrected chi connectivity index (χ3v) is 4.68. The van der Waals surface area contributed by atoms with E-state index >= 15 is 0 Å². The summed E-state index contributed by atoms with van der Waals surface area (Å²) < 4.78 is 9.73. The predicted molar refractivity (Wildman–Crippen MR) is 102 cm³/mol. The molecule has 4 aromatic rings. The molecule has 4 nitrogen and oxygen atoms in total. The molecule has 0 aliphatic heterocycles. The van der Waals surface area contributed by atoms with Crippen molar-refractivity contribution in [3.8, 4) is 17.3 Å². The standard InChI is InChI=1S/C21H22N2O2/c1-13(2)25-18-8-6-16-12-23(21(24)19(16)11-18)17-7-5-15-9-14(3)22(4)20(15)10-17/h5-13,24H,1-4H3. The van der Waals surface area contributed by atoms with E-state index in [-0.39, 0.29) is 12.0 Å². The minimum atomic E-state index is 0.102. The van der Waals surface area contributed by atoms with Crippen LogP contribution in [0.15, 0.2) is 48.7 Å². The number of fused-ring (bicyclic) bond motifs is 2. The number of hydrogen-bond donors (Lipinski definition) is 1. The fourth-order valence-corrected chi connectivity index (χ4v) is 3.32. The fourth-order valence-electron chi connectivity index (χ4n) is 3.32. The number of benzene rings is 2. The van der Waals surface area contributed by atoms with Gasteiger partial charge in [-0.2, -0.15) is 0 Å². The molecule has 0 unspecified atom stereocenters. The van der Waals surface area contributed by atoms with E-state index in [1.165, 1.54) is 11.1 Å². The molecule has 0 aliphatic rings. The van der Waals surface area contributed by atoms with Gasteiger partial charge in [-0.05, 0) is 62.6 Å². The molecular weight excluding hydrogens is 312 g/mol. The summed E-state index contributed by atoms with van der Waals surface area (Å²) in [6.07, 6.45) is 2.06. The van der Waals surface area contributed by atoms with Gasteiger partial charge in [0.1, 0.15) is 5.75 Å². The molecule has 0 fully saturated rings. The summed E-state index contributed by atoms with van der Waals surface area (Å²) in [7, 11) is 2.06. The number of ether oxygens (including phenoxy) is 1. The Bertz CT molecular complexity index is 1090. The average Bonchev–Trinajstić information content (AvgIpc) is 3.05. The van der Waals surface area contributed by atoms with Crippen LogP contribution >= 0.6 is 0 Å². The summed E-state index contributed by atoms with van der Waals surface area (Å²) >= 11 is 0. The van der Waals surface area contributed by atoms with Crippen LogP contribution in [-0.4, -0.2) is 20.3 Å². The lowest BCUT2D eigenvalue weighted by Crippen LogP contribution is -2.04. The number of aryl methyl sites for hydroxylation is 2. The van der Waals surface area contributed by atoms with E-state index in [0.717, 1.165) is 27.7 Å². The highest BCUT2D eigenvalue weighted by atomic mass is 16.5. The molecule has 0 saturated carbocycles. The SMILES string of the molecule is Cc1cc2ccc(-n3cc4ccc(OC(C)C)cc4c3O)cc2n1C. The van der Waals surface area contributed by atoms with E-state index in [2.05, 4.69) is 36.7 Å². The summed E-state index contributed by atoms with van der Waals surface area (Å²) in [5, 5.41) is 13.7. The molecule has 0 saturated heterocycles. The lowest BCUT2D eigenvalue weighted by atomic mass is 10.2. The zero-order valence-corrected chi connectivity index (χ0v) is 14.9. The highest BCUT2D eigenvalue weighted by Crippen LogP contribution is 2.34. The van der Waals surface area contributed by atoms with Crippen molar-refractivity contribution < 1.29 is 9.84 Å². The van der Waals surface area contributed by atoms with Crippen molar-refractivity contribution in [2.75, 3.05) is 0 Å². The van der Waals surface area contributed by atoms with Gasteiger partial charge in [0.2, 0.25) is 5.88 Å². The molecule has 0 atom stereocenters. The summed E-state index contributed by atoms with van der Waals surface area (Å²) in [6.45, 7) is 6.08. The predicted octanol–water partition coefficient (Wildman–Crippen LogP) is 4.92. The summed E-state index contributed by atoms with van der Waals surface area (Å²) in [6, 6.07) is 14.2. The molecule has 25 heavy (non-hydrogen) atoms. The maximum Gasteiger partial charge on any atom is 0.203 e. The molecular formula is C21H22N2O2. The molecule has 2 heterocycles. The molecule has 2 aromatic heterocycles. The molecule has 4 rings (SSSR count). The first-order valence-electron chi connectivity index (χ1n) is 8.51. The Morgan fingerprint density at radius 3 is 2.52 bits per heavy atom. The van der Waals surface area contributed by atoms with Crippen molar-refractivity contribution in [3.63, 3.8) is 0 Å². The second-order valence-electron chi connectivity index (χ2n) is 6.83. The third-order valence-electron chi connectivity index (χ3n) is 4.68. The smallest absolute Gasteiger partial charge is 0.203 e. The summed E-state index contributed by atoms with van der Waals surface area (Å²) in [5.41, 5.74) is 3.30. The van der Waals surface area contributed by atoms with Crippen LogP contribution in [0.3, 0.4) is 0 Å². The van der Waals surface area contributed by atoms with Crippen LogP contribution in [0.2, 0.25) is 0 Å². The lowest BCUT2D eigenvalue weighted by Gasteiger charge is -2.09. The number of hydrogen-bond acceptors (Lipinski definition) is 2. The van der Waals surface area contributed by atoms with Crippen LogP contribution in [0.1, 0.15) is 19.5 Å². The Kier molecular flexibility index (Phi) is 3.49. The second kappa shape index (κ2) is 5.59. The Balaban J connectivity index is 1.86. The van der Waals surface area contributed by atoms with Crippen molar-refractivity contribution >= 4 is 21.7 Å². The molecule has 0 amide bonds. The van der Waals surface area contributed by atoms with Crippen molar-refractivity contribution in [2.45, 2.75) is 26.9 Å². The maximum atomic E-state index is 10.7.